The molecule has 0 radical (unpaired) electrons. The molecule has 1 amide bonds. The van der Waals surface area contributed by atoms with E-state index in [0.29, 0.717) is 15.5 Å². The van der Waals surface area contributed by atoms with Gasteiger partial charge in [-0.2, -0.15) is 18.3 Å². The van der Waals surface area contributed by atoms with Gasteiger partial charge >= 0.3 is 12.1 Å². The second kappa shape index (κ2) is 8.51. The number of alkyl halides is 3. The molecular weight excluding hydrogens is 463 g/mol. The van der Waals surface area contributed by atoms with Crippen LogP contribution in [0.5, 0.6) is 0 Å². The van der Waals surface area contributed by atoms with Crippen molar-refractivity contribution in [1.29, 1.82) is 0 Å². The Morgan fingerprint density at radius 2 is 1.88 bits per heavy atom. The van der Waals surface area contributed by atoms with Gasteiger partial charge in [-0.3, -0.25) is 9.78 Å². The molecule has 0 aliphatic rings. The molecule has 168 valence electrons. The summed E-state index contributed by atoms with van der Waals surface area (Å²) in [5.74, 6) is -1.90. The van der Waals surface area contributed by atoms with E-state index in [0.717, 1.165) is 19.5 Å². The molecule has 0 fully saturated rings. The fourth-order valence-electron chi connectivity index (χ4n) is 3.19. The fraction of sp³-hybridized carbons (Fsp3) is 0.0952. The van der Waals surface area contributed by atoms with Gasteiger partial charge in [0.05, 0.1) is 47.7 Å². The monoisotopic (exact) mass is 475 g/mol. The Morgan fingerprint density at radius 3 is 2.58 bits per heavy atom. The summed E-state index contributed by atoms with van der Waals surface area (Å²) in [5.41, 5.74) is -2.16. The number of amides is 1. The van der Waals surface area contributed by atoms with Crippen molar-refractivity contribution in [2.45, 2.75) is 6.18 Å². The second-order valence-corrected chi connectivity index (χ2v) is 7.10. The molecular formula is C21H13ClF3N5O3. The van der Waals surface area contributed by atoms with E-state index in [2.05, 4.69) is 25.1 Å². The van der Waals surface area contributed by atoms with Gasteiger partial charge in [0.1, 0.15) is 0 Å². The molecule has 0 aliphatic carbocycles. The molecule has 12 heteroatoms. The molecule has 4 rings (SSSR count). The largest absolute Gasteiger partial charge is 0.464 e. The molecule has 0 atom stereocenters. The number of anilines is 1. The van der Waals surface area contributed by atoms with Gasteiger partial charge in [0.15, 0.2) is 11.4 Å². The number of nitrogens with one attached hydrogen (secondary N) is 1. The van der Waals surface area contributed by atoms with E-state index in [1.54, 1.807) is 24.3 Å². The first-order valence-electron chi connectivity index (χ1n) is 9.24. The summed E-state index contributed by atoms with van der Waals surface area (Å²) in [6.07, 6.45) is -0.274. The van der Waals surface area contributed by atoms with Crippen molar-refractivity contribution in [3.8, 4) is 5.69 Å². The number of rotatable bonds is 4. The fourth-order valence-corrected chi connectivity index (χ4v) is 3.43. The van der Waals surface area contributed by atoms with Gasteiger partial charge in [-0.05, 0) is 6.07 Å². The van der Waals surface area contributed by atoms with Crippen LogP contribution in [-0.4, -0.2) is 38.7 Å². The van der Waals surface area contributed by atoms with Crippen molar-refractivity contribution >= 4 is 39.9 Å². The predicted octanol–water partition coefficient (Wildman–Crippen LogP) is 4.53. The van der Waals surface area contributed by atoms with Crippen LogP contribution < -0.4 is 5.32 Å². The topological polar surface area (TPSA) is 99.0 Å². The summed E-state index contributed by atoms with van der Waals surface area (Å²) in [7, 11) is 1.14. The Hall–Kier alpha value is -3.99. The summed E-state index contributed by atoms with van der Waals surface area (Å²) >= 11 is 5.96. The van der Waals surface area contributed by atoms with Crippen LogP contribution in [-0.2, 0) is 10.9 Å². The average molecular weight is 476 g/mol. The van der Waals surface area contributed by atoms with E-state index in [-0.39, 0.29) is 22.1 Å². The van der Waals surface area contributed by atoms with Gasteiger partial charge in [-0.1, -0.05) is 35.9 Å². The number of methoxy groups -OCH3 is 1. The van der Waals surface area contributed by atoms with Crippen molar-refractivity contribution in [1.82, 2.24) is 19.7 Å². The number of carbonyl (C=O) groups excluding carboxylic acids is 2. The van der Waals surface area contributed by atoms with Gasteiger partial charge in [0.25, 0.3) is 5.91 Å². The van der Waals surface area contributed by atoms with Gasteiger partial charge in [-0.15, -0.1) is 0 Å². The Morgan fingerprint density at radius 1 is 1.12 bits per heavy atom. The summed E-state index contributed by atoms with van der Waals surface area (Å²) in [5, 5.41) is 7.05. The maximum absolute atomic E-state index is 14.0. The third-order valence-electron chi connectivity index (χ3n) is 4.64. The van der Waals surface area contributed by atoms with Crippen LogP contribution in [0.25, 0.3) is 16.5 Å². The van der Waals surface area contributed by atoms with Crippen molar-refractivity contribution in [3.63, 3.8) is 0 Å². The Kier molecular flexibility index (Phi) is 5.73. The van der Waals surface area contributed by atoms with Gasteiger partial charge in [0.2, 0.25) is 0 Å². The number of aromatic nitrogens is 4. The molecule has 0 unspecified atom stereocenters. The highest BCUT2D eigenvalue weighted by molar-refractivity contribution is 6.33. The zero-order valence-corrected chi connectivity index (χ0v) is 17.5. The van der Waals surface area contributed by atoms with E-state index in [9.17, 15) is 22.8 Å². The SMILES string of the molecule is COC(=O)c1ncc(NC(=O)c2cnn(-c3cncc4ccccc34)c2C(F)(F)F)cc1Cl. The molecule has 4 aromatic rings. The number of benzene rings is 1. The first-order chi connectivity index (χ1) is 15.7. The molecule has 0 spiro atoms. The number of halogens is 4. The number of pyridine rings is 2. The van der Waals surface area contributed by atoms with Crippen LogP contribution in [0.3, 0.4) is 0 Å². The summed E-state index contributed by atoms with van der Waals surface area (Å²) in [6, 6.07) is 7.90. The first kappa shape index (κ1) is 22.2. The first-order valence-corrected chi connectivity index (χ1v) is 9.62. The predicted molar refractivity (Wildman–Crippen MR) is 112 cm³/mol. The lowest BCUT2D eigenvalue weighted by Crippen LogP contribution is -2.21. The van der Waals surface area contributed by atoms with Gasteiger partial charge in [-0.25, -0.2) is 14.5 Å². The smallest absolute Gasteiger partial charge is 0.434 e. The minimum absolute atomic E-state index is 0.0228. The molecule has 1 N–H and O–H groups in total. The van der Waals surface area contributed by atoms with E-state index in [4.69, 9.17) is 11.6 Å². The quantitative estimate of drug-likeness (QED) is 0.435. The highest BCUT2D eigenvalue weighted by Gasteiger charge is 2.41. The van der Waals surface area contributed by atoms with Crippen LogP contribution in [0.15, 0.2) is 55.1 Å². The summed E-state index contributed by atoms with van der Waals surface area (Å²) in [6.45, 7) is 0. The lowest BCUT2D eigenvalue weighted by molar-refractivity contribution is -0.143. The molecule has 0 bridgehead atoms. The number of fused-ring (bicyclic) bond motifs is 1. The Bertz CT molecular complexity index is 1380. The van der Waals surface area contributed by atoms with E-state index >= 15 is 0 Å². The normalized spacial score (nSPS) is 11.4. The lowest BCUT2D eigenvalue weighted by atomic mass is 10.1. The molecule has 3 aromatic heterocycles. The Labute approximate surface area is 189 Å². The van der Waals surface area contributed by atoms with Crippen LogP contribution in [0.1, 0.15) is 26.5 Å². The number of hydrogen-bond acceptors (Lipinski definition) is 6. The maximum atomic E-state index is 14.0. The Balaban J connectivity index is 1.75. The average Bonchev–Trinajstić information content (AvgIpc) is 3.24. The van der Waals surface area contributed by atoms with Crippen LogP contribution in [0.2, 0.25) is 5.02 Å². The molecule has 0 saturated carbocycles. The third kappa shape index (κ3) is 4.22. The van der Waals surface area contributed by atoms with E-state index in [1.807, 2.05) is 0 Å². The minimum Gasteiger partial charge on any atom is -0.464 e. The van der Waals surface area contributed by atoms with Crippen molar-refractivity contribution in [3.05, 3.63) is 77.1 Å². The highest BCUT2D eigenvalue weighted by Crippen LogP contribution is 2.35. The number of hydrogen-bond donors (Lipinski definition) is 1. The molecule has 0 saturated heterocycles. The van der Waals surface area contributed by atoms with Gasteiger partial charge < -0.3 is 10.1 Å². The highest BCUT2D eigenvalue weighted by atomic mass is 35.5. The van der Waals surface area contributed by atoms with Gasteiger partial charge in [0, 0.05) is 17.0 Å². The number of esters is 1. The third-order valence-corrected chi connectivity index (χ3v) is 4.92. The lowest BCUT2D eigenvalue weighted by Gasteiger charge is -2.14. The minimum atomic E-state index is -4.91. The van der Waals surface area contributed by atoms with E-state index in [1.165, 1.54) is 18.5 Å². The standard InChI is InChI=1S/C21H13ClF3N5O3/c1-33-20(32)17-15(22)6-12(8-27-17)29-19(31)14-9-28-30(18(14)21(23,24)25)16-10-26-7-11-4-2-3-5-13(11)16/h2-10H,1H3,(H,29,31). The molecule has 8 nitrogen and oxygen atoms in total. The van der Waals surface area contributed by atoms with Crippen molar-refractivity contribution < 1.29 is 27.5 Å². The van der Waals surface area contributed by atoms with Crippen LogP contribution in [0, 0.1) is 0 Å². The molecule has 0 aliphatic heterocycles. The summed E-state index contributed by atoms with van der Waals surface area (Å²) < 4.78 is 47.2. The maximum Gasteiger partial charge on any atom is 0.434 e. The van der Waals surface area contributed by atoms with E-state index < -0.39 is 29.3 Å². The number of nitrogens with zero attached hydrogens (tertiary/aromatic N) is 4. The zero-order valence-electron chi connectivity index (χ0n) is 16.7. The second-order valence-electron chi connectivity index (χ2n) is 6.70. The van der Waals surface area contributed by atoms with Crippen LogP contribution >= 0.6 is 11.6 Å². The zero-order chi connectivity index (χ0) is 23.8. The molecule has 1 aromatic carbocycles. The number of carbonyl (C=O) groups is 2. The summed E-state index contributed by atoms with van der Waals surface area (Å²) in [4.78, 5) is 32.1. The van der Waals surface area contributed by atoms with Crippen molar-refractivity contribution in [2.75, 3.05) is 12.4 Å². The molecule has 3 heterocycles. The van der Waals surface area contributed by atoms with Crippen molar-refractivity contribution in [2.24, 2.45) is 0 Å². The van der Waals surface area contributed by atoms with Crippen LogP contribution in [0.4, 0.5) is 18.9 Å². The molecule has 33 heavy (non-hydrogen) atoms. The number of ether oxygens (including phenoxy) is 1.